The Morgan fingerprint density at radius 1 is 0.824 bits per heavy atom. The lowest BCUT2D eigenvalue weighted by Gasteiger charge is -2.01. The summed E-state index contributed by atoms with van der Waals surface area (Å²) in [5.74, 6) is 0. The maximum Gasteiger partial charge on any atom is 0.130 e. The van der Waals surface area contributed by atoms with Crippen LogP contribution in [0.25, 0.3) is 17.2 Å². The fraction of sp³-hybridized carbons (Fsp3) is 0.0667. The van der Waals surface area contributed by atoms with Crippen LogP contribution in [-0.4, -0.2) is 7.11 Å². The minimum atomic E-state index is 1.07. The van der Waals surface area contributed by atoms with Crippen LogP contribution in [0.2, 0.25) is 0 Å². The van der Waals surface area contributed by atoms with E-state index in [2.05, 4.69) is 34.0 Å². The van der Waals surface area contributed by atoms with Crippen molar-refractivity contribution in [2.24, 2.45) is 0 Å². The van der Waals surface area contributed by atoms with Crippen LogP contribution in [0.1, 0.15) is 5.56 Å². The second kappa shape index (κ2) is 5.87. The Labute approximate surface area is 101 Å². The molecule has 2 aromatic carbocycles. The van der Waals surface area contributed by atoms with E-state index < -0.39 is 0 Å². The van der Waals surface area contributed by atoms with Gasteiger partial charge in [-0.2, -0.15) is 4.89 Å². The Bertz CT molecular complexity index is 472. The third-order valence-corrected chi connectivity index (χ3v) is 2.43. The molecule has 2 heteroatoms. The molecule has 0 N–H and O–H groups in total. The van der Waals surface area contributed by atoms with Crippen molar-refractivity contribution < 1.29 is 9.78 Å². The Kier molecular flexibility index (Phi) is 3.95. The minimum Gasteiger partial charge on any atom is -0.346 e. The lowest BCUT2D eigenvalue weighted by Crippen LogP contribution is -1.79. The molecule has 0 bridgehead atoms. The maximum absolute atomic E-state index is 4.67. The number of rotatable bonds is 4. The monoisotopic (exact) mass is 226 g/mol. The Morgan fingerprint density at radius 3 is 2.12 bits per heavy atom. The van der Waals surface area contributed by atoms with Crippen LogP contribution in [0.3, 0.4) is 0 Å². The van der Waals surface area contributed by atoms with Gasteiger partial charge in [0.1, 0.15) is 6.26 Å². The summed E-state index contributed by atoms with van der Waals surface area (Å²) in [6.45, 7) is 0. The van der Waals surface area contributed by atoms with Crippen molar-refractivity contribution in [1.29, 1.82) is 0 Å². The van der Waals surface area contributed by atoms with Gasteiger partial charge in [0.25, 0.3) is 0 Å². The highest BCUT2D eigenvalue weighted by Gasteiger charge is 1.95. The van der Waals surface area contributed by atoms with Crippen LogP contribution in [0.5, 0.6) is 0 Å². The van der Waals surface area contributed by atoms with Crippen LogP contribution in [0.15, 0.2) is 60.9 Å². The molecule has 0 heterocycles. The first-order valence-corrected chi connectivity index (χ1v) is 5.41. The highest BCUT2D eigenvalue weighted by molar-refractivity contribution is 5.65. The van der Waals surface area contributed by atoms with Gasteiger partial charge in [-0.05, 0) is 22.8 Å². The zero-order chi connectivity index (χ0) is 11.9. The quantitative estimate of drug-likeness (QED) is 0.447. The van der Waals surface area contributed by atoms with E-state index in [4.69, 9.17) is 0 Å². The van der Waals surface area contributed by atoms with Gasteiger partial charge < -0.3 is 4.89 Å². The second-order valence-corrected chi connectivity index (χ2v) is 3.55. The SMILES string of the molecule is COO/C=C/c1ccc(-c2ccccc2)cc1. The first kappa shape index (κ1) is 11.4. The summed E-state index contributed by atoms with van der Waals surface area (Å²) in [5, 5.41) is 0. The lowest BCUT2D eigenvalue weighted by molar-refractivity contribution is -0.221. The molecule has 0 unspecified atom stereocenters. The van der Waals surface area contributed by atoms with Gasteiger partial charge in [0.05, 0.1) is 7.11 Å². The van der Waals surface area contributed by atoms with Gasteiger partial charge in [0.15, 0.2) is 0 Å². The Morgan fingerprint density at radius 2 is 1.47 bits per heavy atom. The highest BCUT2D eigenvalue weighted by atomic mass is 17.2. The highest BCUT2D eigenvalue weighted by Crippen LogP contribution is 2.19. The molecule has 2 nitrogen and oxygen atoms in total. The van der Waals surface area contributed by atoms with E-state index in [0.717, 1.165) is 5.56 Å². The molecule has 0 aliphatic heterocycles. The average molecular weight is 226 g/mol. The zero-order valence-corrected chi connectivity index (χ0v) is 9.67. The predicted molar refractivity (Wildman–Crippen MR) is 69.0 cm³/mol. The molecule has 17 heavy (non-hydrogen) atoms. The summed E-state index contributed by atoms with van der Waals surface area (Å²) in [4.78, 5) is 9.14. The largest absolute Gasteiger partial charge is 0.346 e. The Hall–Kier alpha value is -2.06. The first-order chi connectivity index (χ1) is 8.40. The summed E-state index contributed by atoms with van der Waals surface area (Å²) < 4.78 is 0. The third kappa shape index (κ3) is 3.20. The molecule has 0 fully saturated rings. The molecule has 2 rings (SSSR count). The lowest BCUT2D eigenvalue weighted by atomic mass is 10.0. The number of hydrogen-bond donors (Lipinski definition) is 0. The minimum absolute atomic E-state index is 1.07. The topological polar surface area (TPSA) is 18.5 Å². The molecule has 0 aromatic heterocycles. The predicted octanol–water partition coefficient (Wildman–Crippen LogP) is 3.90. The standard InChI is InChI=1S/C15H14O2/c1-16-17-12-11-13-7-9-15(10-8-13)14-5-3-2-4-6-14/h2-12H,1H3/b12-11+. The zero-order valence-electron chi connectivity index (χ0n) is 9.67. The summed E-state index contributed by atoms with van der Waals surface area (Å²) in [6.07, 6.45) is 3.36. The van der Waals surface area contributed by atoms with Crippen LogP contribution in [0.4, 0.5) is 0 Å². The molecular formula is C15H14O2. The van der Waals surface area contributed by atoms with Crippen molar-refractivity contribution in [3.05, 3.63) is 66.4 Å². The van der Waals surface area contributed by atoms with Gasteiger partial charge in [-0.25, -0.2) is 0 Å². The van der Waals surface area contributed by atoms with Gasteiger partial charge in [-0.3, -0.25) is 0 Å². The maximum atomic E-state index is 4.67. The van der Waals surface area contributed by atoms with Crippen LogP contribution in [0, 0.1) is 0 Å². The van der Waals surface area contributed by atoms with Gasteiger partial charge in [-0.1, -0.05) is 54.6 Å². The molecule has 0 radical (unpaired) electrons. The van der Waals surface area contributed by atoms with Crippen molar-refractivity contribution >= 4 is 6.08 Å². The van der Waals surface area contributed by atoms with Crippen molar-refractivity contribution in [2.45, 2.75) is 0 Å². The summed E-state index contributed by atoms with van der Waals surface area (Å²) in [6, 6.07) is 18.5. The van der Waals surface area contributed by atoms with Crippen LogP contribution < -0.4 is 0 Å². The van der Waals surface area contributed by atoms with E-state index in [0.29, 0.717) is 0 Å². The molecule has 86 valence electrons. The summed E-state index contributed by atoms with van der Waals surface area (Å²) >= 11 is 0. The smallest absolute Gasteiger partial charge is 0.130 e. The fourth-order valence-corrected chi connectivity index (χ4v) is 1.58. The first-order valence-electron chi connectivity index (χ1n) is 5.41. The molecule has 2 aromatic rings. The number of hydrogen-bond acceptors (Lipinski definition) is 2. The summed E-state index contributed by atoms with van der Waals surface area (Å²) in [5.41, 5.74) is 3.49. The second-order valence-electron chi connectivity index (χ2n) is 3.55. The normalized spacial score (nSPS) is 10.6. The average Bonchev–Trinajstić information content (AvgIpc) is 2.41. The van der Waals surface area contributed by atoms with Crippen molar-refractivity contribution in [2.75, 3.05) is 7.11 Å². The molecule has 0 amide bonds. The summed E-state index contributed by atoms with van der Waals surface area (Å²) in [7, 11) is 1.48. The van der Waals surface area contributed by atoms with Crippen molar-refractivity contribution in [3.63, 3.8) is 0 Å². The molecule has 0 saturated heterocycles. The van der Waals surface area contributed by atoms with Gasteiger partial charge >= 0.3 is 0 Å². The van der Waals surface area contributed by atoms with Gasteiger partial charge in [-0.15, -0.1) is 0 Å². The van der Waals surface area contributed by atoms with E-state index in [1.807, 2.05) is 36.4 Å². The van der Waals surface area contributed by atoms with E-state index in [1.165, 1.54) is 24.5 Å². The van der Waals surface area contributed by atoms with E-state index in [1.54, 1.807) is 0 Å². The van der Waals surface area contributed by atoms with Crippen LogP contribution in [-0.2, 0) is 9.78 Å². The van der Waals surface area contributed by atoms with Gasteiger partial charge in [0.2, 0.25) is 0 Å². The molecular weight excluding hydrogens is 212 g/mol. The molecule has 0 atom stereocenters. The van der Waals surface area contributed by atoms with Crippen LogP contribution >= 0.6 is 0 Å². The molecule has 0 spiro atoms. The Balaban J connectivity index is 2.13. The van der Waals surface area contributed by atoms with Crippen molar-refractivity contribution in [3.8, 4) is 11.1 Å². The van der Waals surface area contributed by atoms with E-state index >= 15 is 0 Å². The molecule has 0 saturated carbocycles. The fourth-order valence-electron chi connectivity index (χ4n) is 1.58. The van der Waals surface area contributed by atoms with E-state index in [-0.39, 0.29) is 0 Å². The number of benzene rings is 2. The third-order valence-electron chi connectivity index (χ3n) is 2.43. The molecule has 0 aliphatic rings. The van der Waals surface area contributed by atoms with E-state index in [9.17, 15) is 0 Å². The molecule has 0 aliphatic carbocycles. The van der Waals surface area contributed by atoms with Crippen molar-refractivity contribution in [1.82, 2.24) is 0 Å². The van der Waals surface area contributed by atoms with Gasteiger partial charge in [0, 0.05) is 0 Å².